The number of hydrogen-bond acceptors (Lipinski definition) is 6. The van der Waals surface area contributed by atoms with Gasteiger partial charge in [0.15, 0.2) is 0 Å². The van der Waals surface area contributed by atoms with E-state index in [2.05, 4.69) is 56.9 Å². The molecule has 0 aliphatic carbocycles. The number of nitrogen functional groups attached to an aromatic ring is 1. The summed E-state index contributed by atoms with van der Waals surface area (Å²) in [7, 11) is 2.18. The predicted molar refractivity (Wildman–Crippen MR) is 119 cm³/mol. The third-order valence-corrected chi connectivity index (χ3v) is 5.51. The van der Waals surface area contributed by atoms with Crippen LogP contribution in [0.2, 0.25) is 0 Å². The molecule has 1 fully saturated rings. The monoisotopic (exact) mass is 388 g/mol. The summed E-state index contributed by atoms with van der Waals surface area (Å²) in [6.07, 6.45) is 5.57. The van der Waals surface area contributed by atoms with Crippen LogP contribution in [-0.2, 0) is 13.1 Å². The van der Waals surface area contributed by atoms with Gasteiger partial charge in [-0.15, -0.1) is 0 Å². The lowest BCUT2D eigenvalue weighted by molar-refractivity contribution is 0.148. The largest absolute Gasteiger partial charge is 0.383 e. The van der Waals surface area contributed by atoms with Crippen LogP contribution in [0, 0.1) is 0 Å². The van der Waals surface area contributed by atoms with Crippen molar-refractivity contribution in [2.45, 2.75) is 13.1 Å². The normalized spacial score (nSPS) is 15.5. The summed E-state index contributed by atoms with van der Waals surface area (Å²) in [6.45, 7) is 10.3. The topological polar surface area (TPSA) is 70.3 Å². The standard InChI is InChI=1S/C23H28N6/c1-17(27-14-18-3-4-22-20(11-18)5-6-26-23(22)24)21-12-19(13-25-15-21)16-29-9-7-28(2)8-10-29/h3-6,11-13,15,27H,1,7-10,14,16H2,2H3,(H2,24,26). The van der Waals surface area contributed by atoms with Crippen LogP contribution >= 0.6 is 0 Å². The molecule has 0 unspecified atom stereocenters. The van der Waals surface area contributed by atoms with Crippen molar-refractivity contribution in [1.82, 2.24) is 25.1 Å². The molecule has 0 saturated carbocycles. The first kappa shape index (κ1) is 19.4. The molecule has 4 rings (SSSR count). The molecular formula is C23H28N6. The average Bonchev–Trinajstić information content (AvgIpc) is 2.74. The van der Waals surface area contributed by atoms with Crippen LogP contribution in [-0.4, -0.2) is 53.0 Å². The van der Waals surface area contributed by atoms with Gasteiger partial charge < -0.3 is 16.0 Å². The van der Waals surface area contributed by atoms with Crippen molar-refractivity contribution in [2.24, 2.45) is 0 Å². The Morgan fingerprint density at radius 1 is 1.10 bits per heavy atom. The number of piperazine rings is 1. The van der Waals surface area contributed by atoms with E-state index in [1.165, 1.54) is 11.1 Å². The summed E-state index contributed by atoms with van der Waals surface area (Å²) in [4.78, 5) is 13.4. The van der Waals surface area contributed by atoms with Gasteiger partial charge in [0.1, 0.15) is 5.82 Å². The van der Waals surface area contributed by atoms with E-state index in [0.29, 0.717) is 12.4 Å². The summed E-state index contributed by atoms with van der Waals surface area (Å²) in [5.41, 5.74) is 10.3. The van der Waals surface area contributed by atoms with Crippen LogP contribution in [0.15, 0.2) is 55.5 Å². The molecule has 1 aliphatic rings. The molecule has 1 aliphatic heterocycles. The molecule has 2 aromatic heterocycles. The maximum absolute atomic E-state index is 5.94. The first-order valence-electron chi connectivity index (χ1n) is 9.99. The van der Waals surface area contributed by atoms with Gasteiger partial charge in [-0.1, -0.05) is 18.7 Å². The Morgan fingerprint density at radius 3 is 2.76 bits per heavy atom. The molecule has 0 atom stereocenters. The van der Waals surface area contributed by atoms with E-state index >= 15 is 0 Å². The van der Waals surface area contributed by atoms with E-state index < -0.39 is 0 Å². The second-order valence-electron chi connectivity index (χ2n) is 7.75. The predicted octanol–water partition coefficient (Wildman–Crippen LogP) is 2.72. The molecule has 0 bridgehead atoms. The van der Waals surface area contributed by atoms with Crippen LogP contribution in [0.5, 0.6) is 0 Å². The van der Waals surface area contributed by atoms with E-state index in [9.17, 15) is 0 Å². The highest BCUT2D eigenvalue weighted by molar-refractivity contribution is 5.91. The van der Waals surface area contributed by atoms with E-state index in [1.807, 2.05) is 24.5 Å². The van der Waals surface area contributed by atoms with Gasteiger partial charge >= 0.3 is 0 Å². The highest BCUT2D eigenvalue weighted by atomic mass is 15.2. The zero-order valence-electron chi connectivity index (χ0n) is 16.9. The van der Waals surface area contributed by atoms with Crippen molar-refractivity contribution in [3.63, 3.8) is 0 Å². The molecule has 3 aromatic rings. The van der Waals surface area contributed by atoms with Gasteiger partial charge in [-0.25, -0.2) is 4.98 Å². The number of nitrogens with one attached hydrogen (secondary N) is 1. The number of fused-ring (bicyclic) bond motifs is 1. The maximum Gasteiger partial charge on any atom is 0.131 e. The average molecular weight is 389 g/mol. The summed E-state index contributed by atoms with van der Waals surface area (Å²) in [5.74, 6) is 0.564. The SMILES string of the molecule is C=C(NCc1ccc2c(N)nccc2c1)c1cncc(CN2CCN(C)CC2)c1. The molecule has 6 heteroatoms. The zero-order valence-corrected chi connectivity index (χ0v) is 16.9. The first-order chi connectivity index (χ1) is 14.1. The number of pyridine rings is 2. The van der Waals surface area contributed by atoms with E-state index in [0.717, 1.165) is 54.8 Å². The molecule has 0 radical (unpaired) electrons. The third kappa shape index (κ3) is 4.72. The lowest BCUT2D eigenvalue weighted by Crippen LogP contribution is -2.43. The molecule has 29 heavy (non-hydrogen) atoms. The number of rotatable bonds is 6. The van der Waals surface area contributed by atoms with Crippen molar-refractivity contribution in [3.05, 3.63) is 72.2 Å². The molecule has 3 heterocycles. The number of hydrogen-bond donors (Lipinski definition) is 2. The van der Waals surface area contributed by atoms with Gasteiger partial charge in [-0.05, 0) is 41.8 Å². The highest BCUT2D eigenvalue weighted by Gasteiger charge is 2.14. The molecule has 6 nitrogen and oxygen atoms in total. The quantitative estimate of drug-likeness (QED) is 0.677. The van der Waals surface area contributed by atoms with Crippen molar-refractivity contribution in [1.29, 1.82) is 0 Å². The molecular weight excluding hydrogens is 360 g/mol. The van der Waals surface area contributed by atoms with Crippen LogP contribution in [0.25, 0.3) is 16.5 Å². The zero-order chi connectivity index (χ0) is 20.2. The van der Waals surface area contributed by atoms with Crippen molar-refractivity contribution < 1.29 is 0 Å². The second kappa shape index (κ2) is 8.59. The molecule has 1 aromatic carbocycles. The maximum atomic E-state index is 5.94. The van der Waals surface area contributed by atoms with E-state index in [4.69, 9.17) is 5.73 Å². The third-order valence-electron chi connectivity index (χ3n) is 5.51. The number of likely N-dealkylation sites (N-methyl/N-ethyl adjacent to an activating group) is 1. The number of nitrogens with zero attached hydrogens (tertiary/aromatic N) is 4. The minimum atomic E-state index is 0.564. The number of benzene rings is 1. The Kier molecular flexibility index (Phi) is 5.74. The Labute approximate surface area is 172 Å². The van der Waals surface area contributed by atoms with Crippen LogP contribution in [0.4, 0.5) is 5.82 Å². The molecule has 3 N–H and O–H groups in total. The fourth-order valence-electron chi connectivity index (χ4n) is 3.67. The lowest BCUT2D eigenvalue weighted by atomic mass is 10.1. The van der Waals surface area contributed by atoms with Crippen molar-refractivity contribution in [3.8, 4) is 0 Å². The Hall–Kier alpha value is -2.96. The highest BCUT2D eigenvalue weighted by Crippen LogP contribution is 2.20. The minimum absolute atomic E-state index is 0.564. The van der Waals surface area contributed by atoms with Crippen molar-refractivity contribution in [2.75, 3.05) is 39.0 Å². The van der Waals surface area contributed by atoms with Gasteiger partial charge in [-0.2, -0.15) is 0 Å². The number of anilines is 1. The minimum Gasteiger partial charge on any atom is -0.383 e. The summed E-state index contributed by atoms with van der Waals surface area (Å²) < 4.78 is 0. The van der Waals surface area contributed by atoms with Crippen LogP contribution in [0.1, 0.15) is 16.7 Å². The van der Waals surface area contributed by atoms with E-state index in [1.54, 1.807) is 6.20 Å². The second-order valence-corrected chi connectivity index (χ2v) is 7.75. The van der Waals surface area contributed by atoms with Crippen LogP contribution in [0.3, 0.4) is 0 Å². The fourth-order valence-corrected chi connectivity index (χ4v) is 3.67. The summed E-state index contributed by atoms with van der Waals surface area (Å²) in [5, 5.41) is 5.51. The summed E-state index contributed by atoms with van der Waals surface area (Å²) in [6, 6.07) is 10.4. The number of nitrogens with two attached hydrogens (primary N) is 1. The van der Waals surface area contributed by atoms with E-state index in [-0.39, 0.29) is 0 Å². The lowest BCUT2D eigenvalue weighted by Gasteiger charge is -2.32. The van der Waals surface area contributed by atoms with Gasteiger partial charge in [0.25, 0.3) is 0 Å². The first-order valence-corrected chi connectivity index (χ1v) is 9.99. The molecule has 150 valence electrons. The Morgan fingerprint density at radius 2 is 1.93 bits per heavy atom. The van der Waals surface area contributed by atoms with Gasteiger partial charge in [0, 0.05) is 74.5 Å². The van der Waals surface area contributed by atoms with Gasteiger partial charge in [0.05, 0.1) is 0 Å². The van der Waals surface area contributed by atoms with Crippen LogP contribution < -0.4 is 11.1 Å². The Bertz CT molecular complexity index is 1010. The van der Waals surface area contributed by atoms with Crippen molar-refractivity contribution >= 4 is 22.3 Å². The Balaban J connectivity index is 1.38. The molecule has 0 spiro atoms. The molecule has 1 saturated heterocycles. The smallest absolute Gasteiger partial charge is 0.131 e. The molecule has 0 amide bonds. The van der Waals surface area contributed by atoms with Gasteiger partial charge in [-0.3, -0.25) is 9.88 Å². The number of aromatic nitrogens is 2. The van der Waals surface area contributed by atoms with Gasteiger partial charge in [0.2, 0.25) is 0 Å². The summed E-state index contributed by atoms with van der Waals surface area (Å²) >= 11 is 0. The fraction of sp³-hybridized carbons (Fsp3) is 0.304.